The molecule has 0 aromatic carbocycles. The van der Waals surface area contributed by atoms with Crippen LogP contribution in [0.25, 0.3) is 12.7 Å². The van der Waals surface area contributed by atoms with Gasteiger partial charge in [-0.05, 0) is 11.3 Å². The van der Waals surface area contributed by atoms with Crippen molar-refractivity contribution in [2.24, 2.45) is 0 Å². The van der Waals surface area contributed by atoms with Crippen molar-refractivity contribution >= 4 is 18.5 Å². The van der Waals surface area contributed by atoms with Crippen LogP contribution in [0.3, 0.4) is 0 Å². The summed E-state index contributed by atoms with van der Waals surface area (Å²) in [7, 11) is 3.92. The zero-order valence-electron chi connectivity index (χ0n) is 8.12. The van der Waals surface area contributed by atoms with E-state index in [4.69, 9.17) is 0 Å². The quantitative estimate of drug-likeness (QED) is 0.650. The van der Waals surface area contributed by atoms with Gasteiger partial charge in [-0.1, -0.05) is 25.3 Å². The molecule has 0 unspecified atom stereocenters. The van der Waals surface area contributed by atoms with Crippen molar-refractivity contribution in [2.75, 3.05) is 19.0 Å². The first-order chi connectivity index (χ1) is 6.16. The molecule has 0 amide bonds. The summed E-state index contributed by atoms with van der Waals surface area (Å²) in [5, 5.41) is 2.00. The highest BCUT2D eigenvalue weighted by Crippen LogP contribution is 1.93. The minimum atomic E-state index is 0.924. The Morgan fingerprint density at radius 2 is 2.15 bits per heavy atom. The molecule has 2 heteroatoms. The molecule has 0 N–H and O–H groups in total. The smallest absolute Gasteiger partial charge is 0.135 e. The van der Waals surface area contributed by atoms with Crippen molar-refractivity contribution < 1.29 is 0 Å². The molecule has 0 saturated heterocycles. The molecule has 68 valence electrons. The van der Waals surface area contributed by atoms with Crippen molar-refractivity contribution in [3.05, 3.63) is 35.4 Å². The van der Waals surface area contributed by atoms with Crippen LogP contribution in [0.5, 0.6) is 0 Å². The molecule has 0 atom stereocenters. The van der Waals surface area contributed by atoms with Gasteiger partial charge in [0.25, 0.3) is 0 Å². The summed E-state index contributed by atoms with van der Waals surface area (Å²) in [5.74, 6) is 0.924. The van der Waals surface area contributed by atoms with Gasteiger partial charge < -0.3 is 4.90 Å². The Morgan fingerprint density at radius 1 is 1.46 bits per heavy atom. The third-order valence-corrected chi connectivity index (χ3v) is 1.77. The molecule has 0 radical (unpaired) electrons. The van der Waals surface area contributed by atoms with E-state index < -0.39 is 0 Å². The van der Waals surface area contributed by atoms with Gasteiger partial charge >= 0.3 is 0 Å². The topological polar surface area (TPSA) is 16.1 Å². The molecule has 1 aromatic rings. The number of hydrogen-bond donors (Lipinski definition) is 0. The maximum atomic E-state index is 4.26. The van der Waals surface area contributed by atoms with E-state index in [1.807, 2.05) is 31.1 Å². The number of anilines is 1. The first-order valence-corrected chi connectivity index (χ1v) is 4.11. The van der Waals surface area contributed by atoms with Crippen LogP contribution in [0.4, 0.5) is 5.82 Å². The van der Waals surface area contributed by atoms with Gasteiger partial charge in [0, 0.05) is 25.5 Å². The first-order valence-electron chi connectivity index (χ1n) is 4.11. The Balaban J connectivity index is 3.53. The number of hydrogen-bond acceptors (Lipinski definition) is 2. The van der Waals surface area contributed by atoms with E-state index in [2.05, 4.69) is 18.1 Å². The Labute approximate surface area is 78.5 Å². The standard InChI is InChI=1S/C11H14N2/c1-5-6-10-9(2)7-8-12-11(10)13(3)4/h5-8H,1-2H2,3-4H3/b10-6+. The molecule has 0 aliphatic rings. The lowest BCUT2D eigenvalue weighted by atomic mass is 10.2. The van der Waals surface area contributed by atoms with Gasteiger partial charge in [-0.25, -0.2) is 4.98 Å². The van der Waals surface area contributed by atoms with Crippen molar-refractivity contribution in [2.45, 2.75) is 0 Å². The van der Waals surface area contributed by atoms with Crippen LogP contribution < -0.4 is 15.3 Å². The van der Waals surface area contributed by atoms with E-state index in [1.165, 1.54) is 0 Å². The third kappa shape index (κ3) is 1.96. The summed E-state index contributed by atoms with van der Waals surface area (Å²) >= 11 is 0. The molecule has 13 heavy (non-hydrogen) atoms. The lowest BCUT2D eigenvalue weighted by Crippen LogP contribution is -2.31. The number of allylic oxidation sites excluding steroid dienone is 1. The largest absolute Gasteiger partial charge is 0.362 e. The fourth-order valence-electron chi connectivity index (χ4n) is 1.16. The SMILES string of the molecule is C=C/C=c1/c(N(C)C)nccc1=C. The molecule has 0 aliphatic carbocycles. The Morgan fingerprint density at radius 3 is 2.69 bits per heavy atom. The summed E-state index contributed by atoms with van der Waals surface area (Å²) in [6.45, 7) is 7.60. The molecule has 0 aliphatic heterocycles. The van der Waals surface area contributed by atoms with E-state index in [1.54, 1.807) is 12.3 Å². The molecule has 1 heterocycles. The number of aromatic nitrogens is 1. The third-order valence-electron chi connectivity index (χ3n) is 1.77. The summed E-state index contributed by atoms with van der Waals surface area (Å²) in [6, 6.07) is 1.89. The predicted octanol–water partition coefficient (Wildman–Crippen LogP) is 0.524. The normalized spacial score (nSPS) is 11.4. The zero-order chi connectivity index (χ0) is 9.84. The van der Waals surface area contributed by atoms with Crippen molar-refractivity contribution in [3.63, 3.8) is 0 Å². The maximum Gasteiger partial charge on any atom is 0.135 e. The lowest BCUT2D eigenvalue weighted by Gasteiger charge is -2.11. The second-order valence-electron chi connectivity index (χ2n) is 3.00. The van der Waals surface area contributed by atoms with Gasteiger partial charge in [-0.3, -0.25) is 0 Å². The van der Waals surface area contributed by atoms with E-state index in [-0.39, 0.29) is 0 Å². The maximum absolute atomic E-state index is 4.26. The fraction of sp³-hybridized carbons (Fsp3) is 0.182. The molecule has 0 fully saturated rings. The van der Waals surface area contributed by atoms with Gasteiger partial charge in [-0.2, -0.15) is 0 Å². The second-order valence-corrected chi connectivity index (χ2v) is 3.00. The van der Waals surface area contributed by atoms with E-state index in [0.717, 1.165) is 16.3 Å². The van der Waals surface area contributed by atoms with Gasteiger partial charge in [0.05, 0.1) is 0 Å². The van der Waals surface area contributed by atoms with E-state index >= 15 is 0 Å². The summed E-state index contributed by atoms with van der Waals surface area (Å²) in [6.07, 6.45) is 5.43. The minimum Gasteiger partial charge on any atom is -0.362 e. The van der Waals surface area contributed by atoms with Gasteiger partial charge in [0.15, 0.2) is 0 Å². The highest BCUT2D eigenvalue weighted by atomic mass is 15.1. The molecular weight excluding hydrogens is 160 g/mol. The van der Waals surface area contributed by atoms with Crippen LogP contribution in [-0.4, -0.2) is 19.1 Å². The molecule has 2 nitrogen and oxygen atoms in total. The minimum absolute atomic E-state index is 0.924. The van der Waals surface area contributed by atoms with Crippen molar-refractivity contribution in [3.8, 4) is 0 Å². The van der Waals surface area contributed by atoms with E-state index in [0.29, 0.717) is 0 Å². The van der Waals surface area contributed by atoms with Crippen LogP contribution in [0.15, 0.2) is 24.9 Å². The first kappa shape index (κ1) is 9.52. The van der Waals surface area contributed by atoms with Crippen molar-refractivity contribution in [1.82, 2.24) is 4.98 Å². The summed E-state index contributed by atoms with van der Waals surface area (Å²) in [5.41, 5.74) is 0. The zero-order valence-corrected chi connectivity index (χ0v) is 8.12. The van der Waals surface area contributed by atoms with Crippen LogP contribution in [0.2, 0.25) is 0 Å². The Bertz CT molecular complexity index is 405. The molecule has 1 rings (SSSR count). The molecule has 0 spiro atoms. The van der Waals surface area contributed by atoms with Gasteiger partial charge in [0.2, 0.25) is 0 Å². The Hall–Kier alpha value is -1.57. The van der Waals surface area contributed by atoms with Gasteiger partial charge in [0.1, 0.15) is 5.82 Å². The fourth-order valence-corrected chi connectivity index (χ4v) is 1.16. The predicted molar refractivity (Wildman–Crippen MR) is 58.0 cm³/mol. The van der Waals surface area contributed by atoms with Crippen LogP contribution >= 0.6 is 0 Å². The number of nitrogens with zero attached hydrogens (tertiary/aromatic N) is 2. The molecule has 1 aromatic heterocycles. The Kier molecular flexibility index (Phi) is 2.85. The van der Waals surface area contributed by atoms with Crippen LogP contribution in [0, 0.1) is 0 Å². The molecular formula is C11H14N2. The highest BCUT2D eigenvalue weighted by molar-refractivity contribution is 5.48. The summed E-state index contributed by atoms with van der Waals surface area (Å²) in [4.78, 5) is 6.23. The number of rotatable bonds is 2. The number of pyridine rings is 1. The summed E-state index contributed by atoms with van der Waals surface area (Å²) < 4.78 is 0. The van der Waals surface area contributed by atoms with Crippen LogP contribution in [0.1, 0.15) is 0 Å². The monoisotopic (exact) mass is 174 g/mol. The molecule has 0 saturated carbocycles. The highest BCUT2D eigenvalue weighted by Gasteiger charge is 1.97. The molecule has 0 bridgehead atoms. The van der Waals surface area contributed by atoms with Crippen LogP contribution in [-0.2, 0) is 0 Å². The average Bonchev–Trinajstić information content (AvgIpc) is 2.08. The van der Waals surface area contributed by atoms with Crippen molar-refractivity contribution in [1.29, 1.82) is 0 Å². The second kappa shape index (κ2) is 3.90. The van der Waals surface area contributed by atoms with E-state index in [9.17, 15) is 0 Å². The average molecular weight is 174 g/mol. The lowest BCUT2D eigenvalue weighted by molar-refractivity contribution is 1.05. The van der Waals surface area contributed by atoms with Gasteiger partial charge in [-0.15, -0.1) is 0 Å².